The second kappa shape index (κ2) is 2.73. The number of hydrogen-bond donors (Lipinski definition) is 0. The van der Waals surface area contributed by atoms with Crippen LogP contribution in [0.2, 0.25) is 0 Å². The fourth-order valence-corrected chi connectivity index (χ4v) is 1.29. The Balaban J connectivity index is 2.37. The van der Waals surface area contributed by atoms with E-state index in [9.17, 15) is 4.79 Å². The minimum atomic E-state index is -0.109. The molecule has 2 rings (SSSR count). The van der Waals surface area contributed by atoms with Crippen molar-refractivity contribution in [3.05, 3.63) is 28.4 Å². The summed E-state index contributed by atoms with van der Waals surface area (Å²) in [5, 5.41) is 0. The topological polar surface area (TPSA) is 34.9 Å². The Morgan fingerprint density at radius 2 is 2.42 bits per heavy atom. The van der Waals surface area contributed by atoms with Crippen LogP contribution in [-0.2, 0) is 6.54 Å². The third-order valence-electron chi connectivity index (χ3n) is 2.23. The summed E-state index contributed by atoms with van der Waals surface area (Å²) in [5.41, 5.74) is 0.867. The first-order valence-electron chi connectivity index (χ1n) is 4.38. The van der Waals surface area contributed by atoms with Crippen molar-refractivity contribution in [1.82, 2.24) is 9.55 Å². The van der Waals surface area contributed by atoms with Gasteiger partial charge < -0.3 is 0 Å². The summed E-state index contributed by atoms with van der Waals surface area (Å²) in [6, 6.07) is 1.96. The Morgan fingerprint density at radius 1 is 1.67 bits per heavy atom. The predicted molar refractivity (Wildman–Crippen MR) is 46.1 cm³/mol. The van der Waals surface area contributed by atoms with Crippen LogP contribution in [0.3, 0.4) is 0 Å². The molecule has 0 N–H and O–H groups in total. The molecule has 12 heavy (non-hydrogen) atoms. The van der Waals surface area contributed by atoms with Crippen LogP contribution in [0.5, 0.6) is 0 Å². The van der Waals surface area contributed by atoms with E-state index in [-0.39, 0.29) is 5.69 Å². The van der Waals surface area contributed by atoms with Gasteiger partial charge in [-0.25, -0.2) is 4.79 Å². The van der Waals surface area contributed by atoms with Gasteiger partial charge in [0.1, 0.15) is 0 Å². The maximum absolute atomic E-state index is 11.3. The summed E-state index contributed by atoms with van der Waals surface area (Å²) in [5.74, 6) is 0.573. The number of aromatic nitrogens is 2. The lowest BCUT2D eigenvalue weighted by Gasteiger charge is -2.00. The Kier molecular flexibility index (Phi) is 1.71. The van der Waals surface area contributed by atoms with Gasteiger partial charge in [0, 0.05) is 18.7 Å². The second-order valence-corrected chi connectivity index (χ2v) is 3.20. The maximum Gasteiger partial charge on any atom is 0.347 e. The van der Waals surface area contributed by atoms with Crippen LogP contribution in [0, 0.1) is 0 Å². The summed E-state index contributed by atoms with van der Waals surface area (Å²) >= 11 is 0. The van der Waals surface area contributed by atoms with Crippen LogP contribution in [0.15, 0.2) is 17.1 Å². The molecule has 64 valence electrons. The van der Waals surface area contributed by atoms with Crippen LogP contribution in [0.4, 0.5) is 0 Å². The van der Waals surface area contributed by atoms with Crippen LogP contribution >= 0.6 is 0 Å². The highest BCUT2D eigenvalue weighted by atomic mass is 16.1. The molecule has 0 radical (unpaired) electrons. The van der Waals surface area contributed by atoms with Crippen molar-refractivity contribution in [2.75, 3.05) is 0 Å². The van der Waals surface area contributed by atoms with Gasteiger partial charge in [0.05, 0.1) is 5.69 Å². The first-order valence-corrected chi connectivity index (χ1v) is 4.38. The van der Waals surface area contributed by atoms with E-state index in [2.05, 4.69) is 4.98 Å². The molecule has 3 nitrogen and oxygen atoms in total. The van der Waals surface area contributed by atoms with E-state index in [1.807, 2.05) is 19.2 Å². The highest BCUT2D eigenvalue weighted by Crippen LogP contribution is 2.38. The third-order valence-corrected chi connectivity index (χ3v) is 2.23. The molecule has 0 atom stereocenters. The maximum atomic E-state index is 11.3. The minimum absolute atomic E-state index is 0.109. The molecule has 0 unspecified atom stereocenters. The van der Waals surface area contributed by atoms with Gasteiger partial charge in [-0.15, -0.1) is 0 Å². The highest BCUT2D eigenvalue weighted by molar-refractivity contribution is 5.12. The molecule has 1 aliphatic rings. The number of hydrogen-bond acceptors (Lipinski definition) is 2. The van der Waals surface area contributed by atoms with E-state index in [0.29, 0.717) is 12.5 Å². The fraction of sp³-hybridized carbons (Fsp3) is 0.556. The van der Waals surface area contributed by atoms with E-state index >= 15 is 0 Å². The number of rotatable bonds is 2. The van der Waals surface area contributed by atoms with Crippen LogP contribution in [0.25, 0.3) is 0 Å². The molecule has 0 aromatic carbocycles. The summed E-state index contributed by atoms with van der Waals surface area (Å²) in [6.07, 6.45) is 4.23. The van der Waals surface area contributed by atoms with Crippen molar-refractivity contribution in [1.29, 1.82) is 0 Å². The SMILES string of the molecule is CCn1ccc(C2CC2)nc1=O. The molecule has 1 fully saturated rings. The average molecular weight is 164 g/mol. The molecule has 1 aromatic rings. The van der Waals surface area contributed by atoms with Crippen LogP contribution in [-0.4, -0.2) is 9.55 Å². The first-order chi connectivity index (χ1) is 5.81. The average Bonchev–Trinajstić information content (AvgIpc) is 2.86. The predicted octanol–water partition coefficient (Wildman–Crippen LogP) is 1.14. The van der Waals surface area contributed by atoms with Gasteiger partial charge in [0.2, 0.25) is 0 Å². The molecule has 0 aliphatic heterocycles. The van der Waals surface area contributed by atoms with Gasteiger partial charge in [-0.2, -0.15) is 4.98 Å². The zero-order valence-electron chi connectivity index (χ0n) is 7.16. The number of nitrogens with zero attached hydrogens (tertiary/aromatic N) is 2. The van der Waals surface area contributed by atoms with Crippen molar-refractivity contribution in [3.63, 3.8) is 0 Å². The molecule has 0 amide bonds. The summed E-state index contributed by atoms with van der Waals surface area (Å²) in [7, 11) is 0. The normalized spacial score (nSPS) is 16.4. The van der Waals surface area contributed by atoms with Crippen LogP contribution < -0.4 is 5.69 Å². The molecule has 1 saturated carbocycles. The Hall–Kier alpha value is -1.12. The van der Waals surface area contributed by atoms with Gasteiger partial charge in [0.15, 0.2) is 0 Å². The molecule has 0 spiro atoms. The van der Waals surface area contributed by atoms with E-state index < -0.39 is 0 Å². The standard InChI is InChI=1S/C9H12N2O/c1-2-11-6-5-8(7-3-4-7)10-9(11)12/h5-7H,2-4H2,1H3. The van der Waals surface area contributed by atoms with Gasteiger partial charge in [-0.3, -0.25) is 4.57 Å². The fourth-order valence-electron chi connectivity index (χ4n) is 1.29. The largest absolute Gasteiger partial charge is 0.347 e. The van der Waals surface area contributed by atoms with Gasteiger partial charge in [-0.1, -0.05) is 0 Å². The lowest BCUT2D eigenvalue weighted by Crippen LogP contribution is -2.22. The Morgan fingerprint density at radius 3 is 2.92 bits per heavy atom. The quantitative estimate of drug-likeness (QED) is 0.657. The lowest BCUT2D eigenvalue weighted by atomic mass is 10.3. The molecule has 1 aromatic heterocycles. The molecular formula is C9H12N2O. The zero-order valence-corrected chi connectivity index (χ0v) is 7.16. The summed E-state index contributed by atoms with van der Waals surface area (Å²) in [4.78, 5) is 15.3. The van der Waals surface area contributed by atoms with Crippen molar-refractivity contribution in [2.24, 2.45) is 0 Å². The van der Waals surface area contributed by atoms with Gasteiger partial charge >= 0.3 is 5.69 Å². The highest BCUT2D eigenvalue weighted by Gasteiger charge is 2.25. The monoisotopic (exact) mass is 164 g/mol. The number of aryl methyl sites for hydroxylation is 1. The van der Waals surface area contributed by atoms with Crippen molar-refractivity contribution >= 4 is 0 Å². The summed E-state index contributed by atoms with van der Waals surface area (Å²) < 4.78 is 1.62. The Labute approximate surface area is 71.1 Å². The van der Waals surface area contributed by atoms with Crippen LogP contribution in [0.1, 0.15) is 31.4 Å². The van der Waals surface area contributed by atoms with E-state index in [1.165, 1.54) is 12.8 Å². The molecule has 1 heterocycles. The van der Waals surface area contributed by atoms with Crippen molar-refractivity contribution in [2.45, 2.75) is 32.2 Å². The van der Waals surface area contributed by atoms with Crippen molar-refractivity contribution < 1.29 is 0 Å². The lowest BCUT2D eigenvalue weighted by molar-refractivity contribution is 0.688. The van der Waals surface area contributed by atoms with Gasteiger partial charge in [0.25, 0.3) is 0 Å². The van der Waals surface area contributed by atoms with Gasteiger partial charge in [-0.05, 0) is 25.8 Å². The third kappa shape index (κ3) is 1.26. The summed E-state index contributed by atoms with van der Waals surface area (Å²) in [6.45, 7) is 2.65. The molecule has 3 heteroatoms. The molecule has 0 saturated heterocycles. The zero-order chi connectivity index (χ0) is 8.55. The Bertz CT molecular complexity index is 339. The second-order valence-electron chi connectivity index (χ2n) is 3.20. The molecule has 0 bridgehead atoms. The first kappa shape index (κ1) is 7.53. The molecule has 1 aliphatic carbocycles. The molecular weight excluding hydrogens is 152 g/mol. The smallest absolute Gasteiger partial charge is 0.299 e. The van der Waals surface area contributed by atoms with E-state index in [0.717, 1.165) is 5.69 Å². The minimum Gasteiger partial charge on any atom is -0.299 e. The van der Waals surface area contributed by atoms with E-state index in [1.54, 1.807) is 4.57 Å². The van der Waals surface area contributed by atoms with E-state index in [4.69, 9.17) is 0 Å². The van der Waals surface area contributed by atoms with Crippen molar-refractivity contribution in [3.8, 4) is 0 Å².